The second-order valence-electron chi connectivity index (χ2n) is 6.40. The highest BCUT2D eigenvalue weighted by Gasteiger charge is 2.44. The van der Waals surface area contributed by atoms with Gasteiger partial charge < -0.3 is 10.2 Å². The van der Waals surface area contributed by atoms with Gasteiger partial charge in [0.15, 0.2) is 0 Å². The van der Waals surface area contributed by atoms with Crippen LogP contribution in [0, 0.1) is 11.8 Å². The molecule has 4 atom stereocenters. The summed E-state index contributed by atoms with van der Waals surface area (Å²) in [6.45, 7) is 0. The number of carboxylic acid groups (broad SMARTS) is 2. The van der Waals surface area contributed by atoms with Gasteiger partial charge in [-0.25, -0.2) is 0 Å². The summed E-state index contributed by atoms with van der Waals surface area (Å²) in [5, 5.41) is 19.4. The summed E-state index contributed by atoms with van der Waals surface area (Å²) in [5.74, 6) is -3.40. The number of hydrogen-bond donors (Lipinski definition) is 2. The minimum atomic E-state index is -0.853. The summed E-state index contributed by atoms with van der Waals surface area (Å²) in [6, 6.07) is 18.8. The van der Waals surface area contributed by atoms with Crippen LogP contribution in [0.15, 0.2) is 60.7 Å². The van der Waals surface area contributed by atoms with Crippen LogP contribution in [-0.2, 0) is 9.59 Å². The lowest BCUT2D eigenvalue weighted by molar-refractivity contribution is -0.150. The van der Waals surface area contributed by atoms with Crippen molar-refractivity contribution >= 4 is 11.9 Å². The van der Waals surface area contributed by atoms with Crippen LogP contribution in [0.3, 0.4) is 0 Å². The van der Waals surface area contributed by atoms with E-state index < -0.39 is 23.8 Å². The summed E-state index contributed by atoms with van der Waals surface area (Å²) < 4.78 is 0. The molecule has 0 aromatic heterocycles. The Hall–Kier alpha value is -2.62. The average Bonchev–Trinajstić information content (AvgIpc) is 2.62. The molecular formula is C20H20O4. The Morgan fingerprint density at radius 2 is 1.00 bits per heavy atom. The van der Waals surface area contributed by atoms with Gasteiger partial charge in [-0.1, -0.05) is 60.7 Å². The zero-order valence-corrected chi connectivity index (χ0v) is 13.2. The number of carboxylic acids is 2. The summed E-state index contributed by atoms with van der Waals surface area (Å²) in [7, 11) is 0. The van der Waals surface area contributed by atoms with Crippen molar-refractivity contribution in [2.45, 2.75) is 24.7 Å². The second kappa shape index (κ2) is 6.87. The summed E-state index contributed by atoms with van der Waals surface area (Å²) in [6.07, 6.45) is 0.686. The van der Waals surface area contributed by atoms with E-state index in [-0.39, 0.29) is 11.8 Å². The molecule has 0 aliphatic heterocycles. The molecule has 2 N–H and O–H groups in total. The Balaban J connectivity index is 1.98. The smallest absolute Gasteiger partial charge is 0.307 e. The van der Waals surface area contributed by atoms with Crippen LogP contribution in [0.1, 0.15) is 35.8 Å². The monoisotopic (exact) mass is 324 g/mol. The van der Waals surface area contributed by atoms with E-state index in [1.807, 2.05) is 60.7 Å². The van der Waals surface area contributed by atoms with Gasteiger partial charge in [0.25, 0.3) is 0 Å². The fourth-order valence-electron chi connectivity index (χ4n) is 3.89. The van der Waals surface area contributed by atoms with Crippen molar-refractivity contribution in [3.05, 3.63) is 71.8 Å². The quantitative estimate of drug-likeness (QED) is 0.898. The number of benzene rings is 2. The molecular weight excluding hydrogens is 304 g/mol. The van der Waals surface area contributed by atoms with Crippen molar-refractivity contribution < 1.29 is 19.8 Å². The lowest BCUT2D eigenvalue weighted by atomic mass is 9.64. The molecule has 24 heavy (non-hydrogen) atoms. The molecule has 2 aromatic carbocycles. The van der Waals surface area contributed by atoms with Crippen LogP contribution >= 0.6 is 0 Å². The van der Waals surface area contributed by atoms with Gasteiger partial charge in [0.1, 0.15) is 0 Å². The second-order valence-corrected chi connectivity index (χ2v) is 6.40. The van der Waals surface area contributed by atoms with Gasteiger partial charge in [0, 0.05) is 0 Å². The standard InChI is InChI=1S/C20H20O4/c21-19(22)17-12-16(14-9-5-2-6-10-14)18(20(23)24)11-15(17)13-7-3-1-4-8-13/h1-10,15-18H,11-12H2,(H,21,22)(H,23,24). The Kier molecular flexibility index (Phi) is 4.65. The van der Waals surface area contributed by atoms with Crippen LogP contribution < -0.4 is 0 Å². The number of aliphatic carboxylic acids is 2. The van der Waals surface area contributed by atoms with E-state index in [1.54, 1.807) is 0 Å². The van der Waals surface area contributed by atoms with E-state index in [4.69, 9.17) is 0 Å². The van der Waals surface area contributed by atoms with Gasteiger partial charge in [-0.3, -0.25) is 9.59 Å². The first kappa shape index (κ1) is 16.2. The van der Waals surface area contributed by atoms with Crippen LogP contribution in [0.25, 0.3) is 0 Å². The van der Waals surface area contributed by atoms with Gasteiger partial charge in [0.2, 0.25) is 0 Å². The van der Waals surface area contributed by atoms with Gasteiger partial charge in [0.05, 0.1) is 11.8 Å². The molecule has 1 saturated carbocycles. The maximum atomic E-state index is 11.8. The summed E-state index contributed by atoms with van der Waals surface area (Å²) in [4.78, 5) is 23.7. The number of hydrogen-bond acceptors (Lipinski definition) is 2. The number of rotatable bonds is 4. The molecule has 4 heteroatoms. The van der Waals surface area contributed by atoms with Crippen molar-refractivity contribution in [3.63, 3.8) is 0 Å². The van der Waals surface area contributed by atoms with Crippen molar-refractivity contribution in [2.75, 3.05) is 0 Å². The zero-order chi connectivity index (χ0) is 17.1. The van der Waals surface area contributed by atoms with Crippen LogP contribution in [-0.4, -0.2) is 22.2 Å². The predicted molar refractivity (Wildman–Crippen MR) is 89.9 cm³/mol. The highest BCUT2D eigenvalue weighted by Crippen LogP contribution is 2.47. The molecule has 0 bridgehead atoms. The Morgan fingerprint density at radius 3 is 1.29 bits per heavy atom. The Bertz CT molecular complexity index is 647. The Morgan fingerprint density at radius 1 is 0.667 bits per heavy atom. The van der Waals surface area contributed by atoms with Gasteiger partial charge >= 0.3 is 11.9 Å². The number of carbonyl (C=O) groups is 2. The van der Waals surface area contributed by atoms with Crippen LogP contribution in [0.2, 0.25) is 0 Å². The minimum Gasteiger partial charge on any atom is -0.481 e. The molecule has 4 unspecified atom stereocenters. The fourth-order valence-corrected chi connectivity index (χ4v) is 3.89. The molecule has 4 nitrogen and oxygen atoms in total. The lowest BCUT2D eigenvalue weighted by Gasteiger charge is -2.38. The van der Waals surface area contributed by atoms with E-state index in [1.165, 1.54) is 0 Å². The third-order valence-electron chi connectivity index (χ3n) is 5.08. The van der Waals surface area contributed by atoms with E-state index in [2.05, 4.69) is 0 Å². The fraction of sp³-hybridized carbons (Fsp3) is 0.300. The van der Waals surface area contributed by atoms with Gasteiger partial charge in [-0.2, -0.15) is 0 Å². The highest BCUT2D eigenvalue weighted by atomic mass is 16.4. The lowest BCUT2D eigenvalue weighted by Crippen LogP contribution is -2.37. The summed E-state index contributed by atoms with van der Waals surface area (Å²) in [5.41, 5.74) is 1.81. The van der Waals surface area contributed by atoms with Gasteiger partial charge in [-0.05, 0) is 35.8 Å². The molecule has 2 aromatic rings. The molecule has 0 saturated heterocycles. The van der Waals surface area contributed by atoms with Crippen LogP contribution in [0.5, 0.6) is 0 Å². The van der Waals surface area contributed by atoms with E-state index in [9.17, 15) is 19.8 Å². The average molecular weight is 324 g/mol. The first-order valence-corrected chi connectivity index (χ1v) is 8.13. The van der Waals surface area contributed by atoms with Crippen molar-refractivity contribution in [1.82, 2.24) is 0 Å². The van der Waals surface area contributed by atoms with Crippen LogP contribution in [0.4, 0.5) is 0 Å². The molecule has 0 spiro atoms. The van der Waals surface area contributed by atoms with E-state index >= 15 is 0 Å². The van der Waals surface area contributed by atoms with E-state index in [0.717, 1.165) is 11.1 Å². The highest BCUT2D eigenvalue weighted by molar-refractivity contribution is 5.75. The molecule has 0 heterocycles. The molecule has 1 fully saturated rings. The topological polar surface area (TPSA) is 74.6 Å². The zero-order valence-electron chi connectivity index (χ0n) is 13.2. The van der Waals surface area contributed by atoms with E-state index in [0.29, 0.717) is 12.8 Å². The first-order valence-electron chi connectivity index (χ1n) is 8.13. The third-order valence-corrected chi connectivity index (χ3v) is 5.08. The van der Waals surface area contributed by atoms with Crippen molar-refractivity contribution in [2.24, 2.45) is 11.8 Å². The molecule has 0 amide bonds. The Labute approximate surface area is 140 Å². The minimum absolute atomic E-state index is 0.273. The molecule has 1 aliphatic rings. The molecule has 0 radical (unpaired) electrons. The van der Waals surface area contributed by atoms with Crippen molar-refractivity contribution in [1.29, 1.82) is 0 Å². The SMILES string of the molecule is O=C(O)C1CC(c2ccccc2)C(C(=O)O)CC1c1ccccc1. The third kappa shape index (κ3) is 3.18. The largest absolute Gasteiger partial charge is 0.481 e. The predicted octanol–water partition coefficient (Wildman–Crippen LogP) is 3.75. The maximum Gasteiger partial charge on any atom is 0.307 e. The normalized spacial score (nSPS) is 26.7. The first-order chi connectivity index (χ1) is 11.6. The molecule has 3 rings (SSSR count). The van der Waals surface area contributed by atoms with Crippen molar-refractivity contribution in [3.8, 4) is 0 Å². The molecule has 1 aliphatic carbocycles. The summed E-state index contributed by atoms with van der Waals surface area (Å²) >= 11 is 0. The molecule has 124 valence electrons. The maximum absolute atomic E-state index is 11.8. The van der Waals surface area contributed by atoms with Gasteiger partial charge in [-0.15, -0.1) is 0 Å².